The van der Waals surface area contributed by atoms with Crippen molar-refractivity contribution >= 4 is 55.1 Å². The Morgan fingerprint density at radius 1 is 1.47 bits per heavy atom. The second-order valence-corrected chi connectivity index (χ2v) is 6.51. The highest BCUT2D eigenvalue weighted by atomic mass is 79.9. The van der Waals surface area contributed by atoms with Gasteiger partial charge in [-0.05, 0) is 37.9 Å². The highest BCUT2D eigenvalue weighted by molar-refractivity contribution is 9.13. The summed E-state index contributed by atoms with van der Waals surface area (Å²) < 4.78 is 6.25. The van der Waals surface area contributed by atoms with E-state index in [-0.39, 0.29) is 18.3 Å². The van der Waals surface area contributed by atoms with Crippen LogP contribution in [0, 0.1) is 0 Å². The normalized spacial score (nSPS) is 10.1. The zero-order valence-electron chi connectivity index (χ0n) is 9.33. The maximum Gasteiger partial charge on any atom is 0.307 e. The molecule has 0 bridgehead atoms. The molecule has 0 aliphatic carbocycles. The molecule has 0 saturated carbocycles. The van der Waals surface area contributed by atoms with E-state index in [0.717, 1.165) is 8.26 Å². The van der Waals surface area contributed by atoms with Crippen molar-refractivity contribution < 1.29 is 14.3 Å². The Morgan fingerprint density at radius 2 is 2.12 bits per heavy atom. The van der Waals surface area contributed by atoms with E-state index >= 15 is 0 Å². The monoisotopic (exact) mass is 383 g/mol. The van der Waals surface area contributed by atoms with Crippen molar-refractivity contribution in [1.82, 2.24) is 4.90 Å². The first-order valence-electron chi connectivity index (χ1n) is 4.72. The maximum absolute atomic E-state index is 12.0. The van der Waals surface area contributed by atoms with Gasteiger partial charge in [-0.15, -0.1) is 11.3 Å². The Bertz CT molecular complexity index is 414. The molecule has 0 unspecified atom stereocenters. The first-order chi connectivity index (χ1) is 7.95. The topological polar surface area (TPSA) is 46.6 Å². The van der Waals surface area contributed by atoms with Crippen LogP contribution in [0.3, 0.4) is 0 Å². The SMILES string of the molecule is COC(=O)CCN(C)C(=O)c1cc(Br)c(Br)s1. The molecular weight excluding hydrogens is 374 g/mol. The van der Waals surface area contributed by atoms with E-state index < -0.39 is 0 Å². The van der Waals surface area contributed by atoms with E-state index in [2.05, 4.69) is 36.6 Å². The Hall–Kier alpha value is -0.400. The molecule has 4 nitrogen and oxygen atoms in total. The lowest BCUT2D eigenvalue weighted by Gasteiger charge is -2.15. The Labute approximate surface area is 120 Å². The van der Waals surface area contributed by atoms with Crippen LogP contribution in [0.4, 0.5) is 0 Å². The van der Waals surface area contributed by atoms with Crippen LogP contribution in [0.25, 0.3) is 0 Å². The van der Waals surface area contributed by atoms with Crippen LogP contribution in [-0.4, -0.2) is 37.5 Å². The molecule has 7 heteroatoms. The summed E-state index contributed by atoms with van der Waals surface area (Å²) in [6.07, 6.45) is 0.201. The number of thiophene rings is 1. The third kappa shape index (κ3) is 4.08. The van der Waals surface area contributed by atoms with E-state index in [1.807, 2.05) is 0 Å². The third-order valence-electron chi connectivity index (χ3n) is 2.08. The lowest BCUT2D eigenvalue weighted by atomic mass is 10.3. The Balaban J connectivity index is 2.60. The van der Waals surface area contributed by atoms with E-state index in [9.17, 15) is 9.59 Å². The summed E-state index contributed by atoms with van der Waals surface area (Å²) in [5.41, 5.74) is 0. The molecule has 0 aromatic carbocycles. The van der Waals surface area contributed by atoms with Crippen LogP contribution in [0.15, 0.2) is 14.3 Å². The van der Waals surface area contributed by atoms with Crippen molar-refractivity contribution in [2.75, 3.05) is 20.7 Å². The predicted molar refractivity (Wildman–Crippen MR) is 73.3 cm³/mol. The molecule has 0 N–H and O–H groups in total. The summed E-state index contributed by atoms with van der Waals surface area (Å²) in [7, 11) is 2.99. The quantitative estimate of drug-likeness (QED) is 0.750. The fourth-order valence-electron chi connectivity index (χ4n) is 1.10. The number of ether oxygens (including phenoxy) is 1. The van der Waals surface area contributed by atoms with Crippen LogP contribution in [0.1, 0.15) is 16.1 Å². The number of carbonyl (C=O) groups is 2. The standard InChI is InChI=1S/C10H11Br2NO3S/c1-13(4-3-8(14)16-2)10(15)7-5-6(11)9(12)17-7/h5H,3-4H2,1-2H3. The molecule has 0 aliphatic heterocycles. The molecule has 1 aromatic heterocycles. The van der Waals surface area contributed by atoms with Crippen LogP contribution in [-0.2, 0) is 9.53 Å². The van der Waals surface area contributed by atoms with Gasteiger partial charge in [-0.3, -0.25) is 9.59 Å². The van der Waals surface area contributed by atoms with E-state index in [0.29, 0.717) is 11.4 Å². The van der Waals surface area contributed by atoms with Crippen LogP contribution in [0.2, 0.25) is 0 Å². The number of rotatable bonds is 4. The molecule has 0 fully saturated rings. The second kappa shape index (κ2) is 6.51. The molecule has 1 rings (SSSR count). The average molecular weight is 385 g/mol. The van der Waals surface area contributed by atoms with Crippen molar-refractivity contribution in [3.63, 3.8) is 0 Å². The number of nitrogens with zero attached hydrogens (tertiary/aromatic N) is 1. The zero-order valence-corrected chi connectivity index (χ0v) is 13.3. The van der Waals surface area contributed by atoms with Gasteiger partial charge in [-0.25, -0.2) is 0 Å². The number of amides is 1. The largest absolute Gasteiger partial charge is 0.469 e. The van der Waals surface area contributed by atoms with Crippen molar-refractivity contribution in [2.24, 2.45) is 0 Å². The Morgan fingerprint density at radius 3 is 2.59 bits per heavy atom. The molecule has 17 heavy (non-hydrogen) atoms. The number of carbonyl (C=O) groups excluding carboxylic acids is 2. The van der Waals surface area contributed by atoms with Gasteiger partial charge in [0, 0.05) is 18.1 Å². The van der Waals surface area contributed by atoms with Gasteiger partial charge in [0.2, 0.25) is 0 Å². The minimum absolute atomic E-state index is 0.106. The summed E-state index contributed by atoms with van der Waals surface area (Å²) in [4.78, 5) is 25.0. The zero-order chi connectivity index (χ0) is 13.0. The summed E-state index contributed by atoms with van der Waals surface area (Å²) in [6, 6.07) is 1.76. The first-order valence-corrected chi connectivity index (χ1v) is 7.13. The molecule has 0 saturated heterocycles. The highest BCUT2D eigenvalue weighted by Gasteiger charge is 2.16. The summed E-state index contributed by atoms with van der Waals surface area (Å²) in [5.74, 6) is -0.427. The number of esters is 1. The molecule has 1 heterocycles. The number of hydrogen-bond donors (Lipinski definition) is 0. The summed E-state index contributed by atoms with van der Waals surface area (Å²) in [5, 5.41) is 0. The molecule has 0 spiro atoms. The smallest absolute Gasteiger partial charge is 0.307 e. The number of halogens is 2. The predicted octanol–water partition coefficient (Wildman–Crippen LogP) is 2.91. The first kappa shape index (κ1) is 14.7. The van der Waals surface area contributed by atoms with Crippen molar-refractivity contribution in [3.8, 4) is 0 Å². The summed E-state index contributed by atoms with van der Waals surface area (Å²) >= 11 is 8.01. The number of methoxy groups -OCH3 is 1. The molecule has 0 aliphatic rings. The van der Waals surface area contributed by atoms with E-state index in [1.165, 1.54) is 23.3 Å². The van der Waals surface area contributed by atoms with Gasteiger partial charge in [-0.1, -0.05) is 0 Å². The van der Waals surface area contributed by atoms with Crippen LogP contribution >= 0.6 is 43.2 Å². The lowest BCUT2D eigenvalue weighted by molar-refractivity contribution is -0.140. The molecular formula is C10H11Br2NO3S. The van der Waals surface area contributed by atoms with Crippen molar-refractivity contribution in [2.45, 2.75) is 6.42 Å². The third-order valence-corrected chi connectivity index (χ3v) is 5.33. The minimum atomic E-state index is -0.321. The number of hydrogen-bond acceptors (Lipinski definition) is 4. The van der Waals surface area contributed by atoms with Crippen molar-refractivity contribution in [1.29, 1.82) is 0 Å². The molecule has 1 amide bonds. The average Bonchev–Trinajstić information content (AvgIpc) is 2.65. The van der Waals surface area contributed by atoms with Crippen LogP contribution in [0.5, 0.6) is 0 Å². The van der Waals surface area contributed by atoms with Crippen molar-refractivity contribution in [3.05, 3.63) is 19.2 Å². The van der Waals surface area contributed by atoms with Crippen LogP contribution < -0.4 is 0 Å². The van der Waals surface area contributed by atoms with Gasteiger partial charge in [0.25, 0.3) is 5.91 Å². The molecule has 0 atom stereocenters. The van der Waals surface area contributed by atoms with Gasteiger partial charge < -0.3 is 9.64 Å². The van der Waals surface area contributed by atoms with Gasteiger partial charge in [0.1, 0.15) is 0 Å². The molecule has 94 valence electrons. The summed E-state index contributed by atoms with van der Waals surface area (Å²) in [6.45, 7) is 0.346. The van der Waals surface area contributed by atoms with Gasteiger partial charge >= 0.3 is 5.97 Å². The van der Waals surface area contributed by atoms with Gasteiger partial charge in [0.05, 0.1) is 22.2 Å². The maximum atomic E-state index is 12.0. The van der Waals surface area contributed by atoms with E-state index in [1.54, 1.807) is 13.1 Å². The molecule has 1 aromatic rings. The molecule has 0 radical (unpaired) electrons. The fraction of sp³-hybridized carbons (Fsp3) is 0.400. The second-order valence-electron chi connectivity index (χ2n) is 3.29. The van der Waals surface area contributed by atoms with Gasteiger partial charge in [-0.2, -0.15) is 0 Å². The Kier molecular flexibility index (Phi) is 5.61. The minimum Gasteiger partial charge on any atom is -0.469 e. The van der Waals surface area contributed by atoms with E-state index in [4.69, 9.17) is 0 Å². The lowest BCUT2D eigenvalue weighted by Crippen LogP contribution is -2.28. The fourth-order valence-corrected chi connectivity index (χ4v) is 3.13. The highest BCUT2D eigenvalue weighted by Crippen LogP contribution is 2.32. The van der Waals surface area contributed by atoms with Gasteiger partial charge in [0.15, 0.2) is 0 Å².